The van der Waals surface area contributed by atoms with E-state index in [4.69, 9.17) is 4.74 Å². The molecule has 0 aromatic heterocycles. The standard InChI is InChI=1S/C18H26N2O3/c1-18(2,3)16(21)20-11-7-10-15(12-20)19-17(22)23-13-14-8-5-4-6-9-14/h4-6,8-9,15H,7,10-13H2,1-3H3,(H,19,22). The Morgan fingerprint density at radius 1 is 1.26 bits per heavy atom. The Balaban J connectivity index is 1.80. The van der Waals surface area contributed by atoms with Gasteiger partial charge in [0.1, 0.15) is 6.61 Å². The number of carbonyl (C=O) groups excluding carboxylic acids is 2. The number of alkyl carbamates (subject to hydrolysis) is 1. The molecule has 1 aliphatic heterocycles. The van der Waals surface area contributed by atoms with Gasteiger partial charge in [0, 0.05) is 24.5 Å². The number of hydrogen-bond donors (Lipinski definition) is 1. The first-order valence-electron chi connectivity index (χ1n) is 8.13. The summed E-state index contributed by atoms with van der Waals surface area (Å²) in [7, 11) is 0. The van der Waals surface area contributed by atoms with Crippen LogP contribution in [0.1, 0.15) is 39.2 Å². The first-order valence-corrected chi connectivity index (χ1v) is 8.13. The number of nitrogens with one attached hydrogen (secondary N) is 1. The lowest BCUT2D eigenvalue weighted by molar-refractivity contribution is -0.140. The van der Waals surface area contributed by atoms with Crippen molar-refractivity contribution in [2.24, 2.45) is 5.41 Å². The zero-order chi connectivity index (χ0) is 16.9. The minimum Gasteiger partial charge on any atom is -0.445 e. The van der Waals surface area contributed by atoms with Crippen LogP contribution >= 0.6 is 0 Å². The van der Waals surface area contributed by atoms with E-state index in [1.807, 2.05) is 56.0 Å². The van der Waals surface area contributed by atoms with Crippen LogP contribution in [0.4, 0.5) is 4.79 Å². The minimum atomic E-state index is -0.427. The molecule has 1 atom stereocenters. The number of rotatable bonds is 3. The van der Waals surface area contributed by atoms with E-state index in [0.717, 1.165) is 24.9 Å². The minimum absolute atomic E-state index is 0.0432. The largest absolute Gasteiger partial charge is 0.445 e. The fraction of sp³-hybridized carbons (Fsp3) is 0.556. The third-order valence-corrected chi connectivity index (χ3v) is 3.88. The maximum Gasteiger partial charge on any atom is 0.407 e. The fourth-order valence-electron chi connectivity index (χ4n) is 2.69. The second-order valence-corrected chi connectivity index (χ2v) is 7.05. The van der Waals surface area contributed by atoms with E-state index in [0.29, 0.717) is 6.54 Å². The van der Waals surface area contributed by atoms with Gasteiger partial charge in [-0.05, 0) is 18.4 Å². The molecule has 1 aliphatic rings. The SMILES string of the molecule is CC(C)(C)C(=O)N1CCCC(NC(=O)OCc2ccccc2)C1. The van der Waals surface area contributed by atoms with Crippen molar-refractivity contribution in [3.05, 3.63) is 35.9 Å². The summed E-state index contributed by atoms with van der Waals surface area (Å²) in [6, 6.07) is 9.53. The summed E-state index contributed by atoms with van der Waals surface area (Å²) >= 11 is 0. The Hall–Kier alpha value is -2.04. The van der Waals surface area contributed by atoms with Crippen LogP contribution in [0.5, 0.6) is 0 Å². The lowest BCUT2D eigenvalue weighted by Gasteiger charge is -2.36. The van der Waals surface area contributed by atoms with Crippen LogP contribution in [-0.4, -0.2) is 36.0 Å². The molecule has 0 spiro atoms. The topological polar surface area (TPSA) is 58.6 Å². The molecule has 5 nitrogen and oxygen atoms in total. The highest BCUT2D eigenvalue weighted by Gasteiger charge is 2.31. The highest BCUT2D eigenvalue weighted by Crippen LogP contribution is 2.21. The summed E-state index contributed by atoms with van der Waals surface area (Å²) in [5.41, 5.74) is 0.561. The summed E-state index contributed by atoms with van der Waals surface area (Å²) in [5.74, 6) is 0.127. The van der Waals surface area contributed by atoms with E-state index < -0.39 is 11.5 Å². The summed E-state index contributed by atoms with van der Waals surface area (Å²) < 4.78 is 5.24. The Morgan fingerprint density at radius 2 is 1.96 bits per heavy atom. The number of likely N-dealkylation sites (tertiary alicyclic amines) is 1. The van der Waals surface area contributed by atoms with Crippen molar-refractivity contribution in [2.45, 2.75) is 46.3 Å². The van der Waals surface area contributed by atoms with Gasteiger partial charge < -0.3 is 15.0 Å². The maximum absolute atomic E-state index is 12.3. The van der Waals surface area contributed by atoms with Crippen molar-refractivity contribution < 1.29 is 14.3 Å². The van der Waals surface area contributed by atoms with E-state index in [1.165, 1.54) is 0 Å². The Morgan fingerprint density at radius 3 is 2.61 bits per heavy atom. The summed E-state index contributed by atoms with van der Waals surface area (Å²) in [5, 5.41) is 2.87. The molecule has 5 heteroatoms. The predicted molar refractivity (Wildman–Crippen MR) is 88.8 cm³/mol. The third-order valence-electron chi connectivity index (χ3n) is 3.88. The number of piperidine rings is 1. The molecule has 0 aliphatic carbocycles. The number of hydrogen-bond acceptors (Lipinski definition) is 3. The van der Waals surface area contributed by atoms with Crippen molar-refractivity contribution in [3.63, 3.8) is 0 Å². The smallest absolute Gasteiger partial charge is 0.407 e. The normalized spacial score (nSPS) is 18.4. The molecule has 126 valence electrons. The molecular formula is C18H26N2O3. The van der Waals surface area contributed by atoms with Crippen LogP contribution < -0.4 is 5.32 Å². The van der Waals surface area contributed by atoms with E-state index in [2.05, 4.69) is 5.32 Å². The summed E-state index contributed by atoms with van der Waals surface area (Å²) in [6.07, 6.45) is 1.34. The summed E-state index contributed by atoms with van der Waals surface area (Å²) in [4.78, 5) is 26.1. The van der Waals surface area contributed by atoms with Crippen molar-refractivity contribution in [1.82, 2.24) is 10.2 Å². The zero-order valence-electron chi connectivity index (χ0n) is 14.2. The van der Waals surface area contributed by atoms with Gasteiger partial charge in [0.2, 0.25) is 5.91 Å². The third kappa shape index (κ3) is 5.27. The Bertz CT molecular complexity index is 537. The molecule has 1 aromatic carbocycles. The predicted octanol–water partition coefficient (Wildman–Crippen LogP) is 2.95. The average Bonchev–Trinajstić information content (AvgIpc) is 2.52. The molecule has 1 saturated heterocycles. The van der Waals surface area contributed by atoms with Gasteiger partial charge in [-0.1, -0.05) is 51.1 Å². The number of amides is 2. The monoisotopic (exact) mass is 318 g/mol. The van der Waals surface area contributed by atoms with Gasteiger partial charge in [-0.15, -0.1) is 0 Å². The molecule has 2 amide bonds. The second kappa shape index (κ2) is 7.49. The molecule has 1 unspecified atom stereocenters. The molecule has 0 radical (unpaired) electrons. The quantitative estimate of drug-likeness (QED) is 0.932. The van der Waals surface area contributed by atoms with Gasteiger partial charge in [0.25, 0.3) is 0 Å². The van der Waals surface area contributed by atoms with E-state index >= 15 is 0 Å². The summed E-state index contributed by atoms with van der Waals surface area (Å²) in [6.45, 7) is 7.31. The number of nitrogens with zero attached hydrogens (tertiary/aromatic N) is 1. The van der Waals surface area contributed by atoms with Crippen molar-refractivity contribution in [1.29, 1.82) is 0 Å². The number of ether oxygens (including phenoxy) is 1. The molecule has 1 fully saturated rings. The lowest BCUT2D eigenvalue weighted by atomic mass is 9.93. The van der Waals surface area contributed by atoms with Crippen LogP contribution in [0.2, 0.25) is 0 Å². The van der Waals surface area contributed by atoms with Gasteiger partial charge in [-0.3, -0.25) is 4.79 Å². The number of benzene rings is 1. The fourth-order valence-corrected chi connectivity index (χ4v) is 2.69. The van der Waals surface area contributed by atoms with Crippen LogP contribution in [0, 0.1) is 5.41 Å². The Labute approximate surface area is 138 Å². The van der Waals surface area contributed by atoms with Gasteiger partial charge >= 0.3 is 6.09 Å². The highest BCUT2D eigenvalue weighted by atomic mass is 16.5. The van der Waals surface area contributed by atoms with Crippen molar-refractivity contribution in [2.75, 3.05) is 13.1 Å². The van der Waals surface area contributed by atoms with Gasteiger partial charge in [0.15, 0.2) is 0 Å². The van der Waals surface area contributed by atoms with Crippen LogP contribution in [0.15, 0.2) is 30.3 Å². The lowest BCUT2D eigenvalue weighted by Crippen LogP contribution is -2.52. The molecule has 0 saturated carbocycles. The molecule has 1 heterocycles. The van der Waals surface area contributed by atoms with E-state index in [9.17, 15) is 9.59 Å². The molecule has 1 aromatic rings. The van der Waals surface area contributed by atoms with Crippen molar-refractivity contribution >= 4 is 12.0 Å². The van der Waals surface area contributed by atoms with E-state index in [-0.39, 0.29) is 18.6 Å². The number of carbonyl (C=O) groups is 2. The van der Waals surface area contributed by atoms with Crippen LogP contribution in [0.3, 0.4) is 0 Å². The maximum atomic E-state index is 12.3. The van der Waals surface area contributed by atoms with Gasteiger partial charge in [0.05, 0.1) is 0 Å². The molecule has 1 N–H and O–H groups in total. The molecular weight excluding hydrogens is 292 g/mol. The van der Waals surface area contributed by atoms with Gasteiger partial charge in [-0.2, -0.15) is 0 Å². The highest BCUT2D eigenvalue weighted by molar-refractivity contribution is 5.81. The molecule has 23 heavy (non-hydrogen) atoms. The van der Waals surface area contributed by atoms with Crippen LogP contribution in [0.25, 0.3) is 0 Å². The zero-order valence-corrected chi connectivity index (χ0v) is 14.2. The average molecular weight is 318 g/mol. The first-order chi connectivity index (χ1) is 10.9. The Kier molecular flexibility index (Phi) is 5.64. The van der Waals surface area contributed by atoms with Crippen molar-refractivity contribution in [3.8, 4) is 0 Å². The first kappa shape index (κ1) is 17.3. The molecule has 2 rings (SSSR count). The second-order valence-electron chi connectivity index (χ2n) is 7.05. The van der Waals surface area contributed by atoms with Gasteiger partial charge in [-0.25, -0.2) is 4.79 Å². The van der Waals surface area contributed by atoms with Crippen LogP contribution in [-0.2, 0) is 16.1 Å². The molecule has 0 bridgehead atoms. The van der Waals surface area contributed by atoms with E-state index in [1.54, 1.807) is 0 Å².